The zero-order chi connectivity index (χ0) is 15.2. The fourth-order valence-electron chi connectivity index (χ4n) is 2.92. The minimum atomic E-state index is -0.362. The van der Waals surface area contributed by atoms with Gasteiger partial charge in [-0.1, -0.05) is 26.0 Å². The van der Waals surface area contributed by atoms with E-state index in [1.165, 1.54) is 17.4 Å². The Morgan fingerprint density at radius 1 is 1.43 bits per heavy atom. The van der Waals surface area contributed by atoms with Crippen molar-refractivity contribution in [3.8, 4) is 10.6 Å². The molecule has 1 atom stereocenters. The zero-order valence-corrected chi connectivity index (χ0v) is 12.8. The van der Waals surface area contributed by atoms with E-state index in [0.717, 1.165) is 23.4 Å². The number of nitrogens with two attached hydrogens (primary N) is 1. The third-order valence-corrected chi connectivity index (χ3v) is 5.08. The van der Waals surface area contributed by atoms with Gasteiger partial charge < -0.3 is 5.73 Å². The number of nitro groups is 1. The Kier molecular flexibility index (Phi) is 3.30. The van der Waals surface area contributed by atoms with Crippen LogP contribution in [0.25, 0.3) is 10.6 Å². The summed E-state index contributed by atoms with van der Waals surface area (Å²) in [6, 6.07) is 6.70. The maximum absolute atomic E-state index is 11.2. The standard InChI is InChI=1S/C15H17N3O2S/c1-15(2)7-10(16)13-11(8-15)17-14(21-13)9-5-3-4-6-12(9)18(19)20/h3-6,10H,7-8,16H2,1-2H3. The fourth-order valence-corrected chi connectivity index (χ4v) is 4.04. The Balaban J connectivity index is 2.09. The largest absolute Gasteiger partial charge is 0.323 e. The van der Waals surface area contributed by atoms with E-state index in [2.05, 4.69) is 18.8 Å². The topological polar surface area (TPSA) is 82.0 Å². The van der Waals surface area contributed by atoms with Crippen LogP contribution in [0.1, 0.15) is 36.9 Å². The number of aromatic nitrogens is 1. The van der Waals surface area contributed by atoms with Gasteiger partial charge in [0.1, 0.15) is 5.01 Å². The predicted octanol–water partition coefficient (Wildman–Crippen LogP) is 3.69. The van der Waals surface area contributed by atoms with Crippen LogP contribution < -0.4 is 5.73 Å². The number of hydrogen-bond acceptors (Lipinski definition) is 5. The first-order chi connectivity index (χ1) is 9.87. The minimum absolute atomic E-state index is 0.0298. The average molecular weight is 303 g/mol. The minimum Gasteiger partial charge on any atom is -0.323 e. The van der Waals surface area contributed by atoms with Crippen molar-refractivity contribution in [2.75, 3.05) is 0 Å². The molecule has 0 saturated carbocycles. The third-order valence-electron chi connectivity index (χ3n) is 3.81. The van der Waals surface area contributed by atoms with Gasteiger partial charge in [0.2, 0.25) is 0 Å². The van der Waals surface area contributed by atoms with Crippen LogP contribution in [-0.4, -0.2) is 9.91 Å². The Labute approximate surface area is 127 Å². The molecule has 1 heterocycles. The number of thiazole rings is 1. The van der Waals surface area contributed by atoms with Gasteiger partial charge in [-0.3, -0.25) is 10.1 Å². The van der Waals surface area contributed by atoms with Gasteiger partial charge in [-0.15, -0.1) is 11.3 Å². The van der Waals surface area contributed by atoms with Crippen molar-refractivity contribution < 1.29 is 4.92 Å². The molecule has 5 nitrogen and oxygen atoms in total. The molecule has 0 spiro atoms. The molecule has 1 aliphatic carbocycles. The second kappa shape index (κ2) is 4.89. The van der Waals surface area contributed by atoms with Crippen LogP contribution in [0.4, 0.5) is 5.69 Å². The lowest BCUT2D eigenvalue weighted by molar-refractivity contribution is -0.384. The van der Waals surface area contributed by atoms with E-state index in [4.69, 9.17) is 5.73 Å². The first-order valence-electron chi connectivity index (χ1n) is 6.86. The van der Waals surface area contributed by atoms with Crippen LogP contribution >= 0.6 is 11.3 Å². The first-order valence-corrected chi connectivity index (χ1v) is 7.68. The summed E-state index contributed by atoms with van der Waals surface area (Å²) in [5.41, 5.74) is 8.04. The van der Waals surface area contributed by atoms with Gasteiger partial charge in [-0.25, -0.2) is 4.98 Å². The number of fused-ring (bicyclic) bond motifs is 1. The Hall–Kier alpha value is -1.79. The Morgan fingerprint density at radius 3 is 2.86 bits per heavy atom. The number of benzene rings is 1. The van der Waals surface area contributed by atoms with Crippen LogP contribution in [0, 0.1) is 15.5 Å². The van der Waals surface area contributed by atoms with Gasteiger partial charge in [0.05, 0.1) is 16.2 Å². The summed E-state index contributed by atoms with van der Waals surface area (Å²) >= 11 is 1.49. The van der Waals surface area contributed by atoms with Gasteiger partial charge >= 0.3 is 0 Å². The number of nitro benzene ring substituents is 1. The summed E-state index contributed by atoms with van der Waals surface area (Å²) in [6.45, 7) is 4.36. The number of rotatable bonds is 2. The smallest absolute Gasteiger partial charge is 0.279 e. The first kappa shape index (κ1) is 14.2. The van der Waals surface area contributed by atoms with Crippen molar-refractivity contribution in [1.82, 2.24) is 4.98 Å². The molecular weight excluding hydrogens is 286 g/mol. The molecule has 2 aromatic rings. The number of hydrogen-bond donors (Lipinski definition) is 1. The second-order valence-corrected chi connectivity index (χ2v) is 7.29. The molecule has 6 heteroatoms. The van der Waals surface area contributed by atoms with Gasteiger partial charge in [-0.2, -0.15) is 0 Å². The van der Waals surface area contributed by atoms with E-state index >= 15 is 0 Å². The molecule has 21 heavy (non-hydrogen) atoms. The van der Waals surface area contributed by atoms with Crippen molar-refractivity contribution in [1.29, 1.82) is 0 Å². The molecule has 1 aromatic carbocycles. The van der Waals surface area contributed by atoms with Gasteiger partial charge in [0.25, 0.3) is 5.69 Å². The van der Waals surface area contributed by atoms with E-state index in [9.17, 15) is 10.1 Å². The summed E-state index contributed by atoms with van der Waals surface area (Å²) < 4.78 is 0. The lowest BCUT2D eigenvalue weighted by Crippen LogP contribution is -2.28. The van der Waals surface area contributed by atoms with Crippen molar-refractivity contribution in [3.05, 3.63) is 45.0 Å². The van der Waals surface area contributed by atoms with Crippen LogP contribution in [0.15, 0.2) is 24.3 Å². The molecular formula is C15H17N3O2S. The molecule has 0 amide bonds. The molecule has 1 aromatic heterocycles. The van der Waals surface area contributed by atoms with Crippen molar-refractivity contribution in [3.63, 3.8) is 0 Å². The molecule has 0 saturated heterocycles. The van der Waals surface area contributed by atoms with Crippen LogP contribution in [0.2, 0.25) is 0 Å². The Morgan fingerprint density at radius 2 is 2.14 bits per heavy atom. The van der Waals surface area contributed by atoms with E-state index in [1.807, 2.05) is 0 Å². The molecule has 0 fully saturated rings. The lowest BCUT2D eigenvalue weighted by Gasteiger charge is -2.32. The van der Waals surface area contributed by atoms with E-state index in [-0.39, 0.29) is 22.1 Å². The van der Waals surface area contributed by atoms with Crippen molar-refractivity contribution in [2.45, 2.75) is 32.7 Å². The third kappa shape index (κ3) is 2.56. The fraction of sp³-hybridized carbons (Fsp3) is 0.400. The maximum atomic E-state index is 11.2. The molecule has 2 N–H and O–H groups in total. The van der Waals surface area contributed by atoms with Crippen molar-refractivity contribution in [2.24, 2.45) is 11.1 Å². The van der Waals surface area contributed by atoms with E-state index < -0.39 is 0 Å². The summed E-state index contributed by atoms with van der Waals surface area (Å²) in [7, 11) is 0. The zero-order valence-electron chi connectivity index (χ0n) is 12.0. The molecule has 1 aliphatic rings. The normalized spacial score (nSPS) is 20.0. The quantitative estimate of drug-likeness (QED) is 0.677. The molecule has 0 bridgehead atoms. The lowest BCUT2D eigenvalue weighted by atomic mass is 9.77. The SMILES string of the molecule is CC1(C)Cc2nc(-c3ccccc3[N+](=O)[O-])sc2C(N)C1. The molecule has 0 aliphatic heterocycles. The predicted molar refractivity (Wildman–Crippen MR) is 83.2 cm³/mol. The number of nitrogens with zero attached hydrogens (tertiary/aromatic N) is 2. The highest BCUT2D eigenvalue weighted by atomic mass is 32.1. The number of para-hydroxylation sites is 1. The highest BCUT2D eigenvalue weighted by molar-refractivity contribution is 7.15. The molecule has 1 unspecified atom stereocenters. The summed E-state index contributed by atoms with van der Waals surface area (Å²) in [6.07, 6.45) is 1.78. The monoisotopic (exact) mass is 303 g/mol. The highest BCUT2D eigenvalue weighted by Crippen LogP contribution is 2.44. The van der Waals surface area contributed by atoms with Crippen molar-refractivity contribution >= 4 is 17.0 Å². The molecule has 110 valence electrons. The van der Waals surface area contributed by atoms with E-state index in [1.54, 1.807) is 18.2 Å². The molecule has 3 rings (SSSR count). The highest BCUT2D eigenvalue weighted by Gasteiger charge is 2.34. The summed E-state index contributed by atoms with van der Waals surface area (Å²) in [5, 5.41) is 11.9. The van der Waals surface area contributed by atoms with Crippen LogP contribution in [-0.2, 0) is 6.42 Å². The van der Waals surface area contributed by atoms with Crippen LogP contribution in [0.3, 0.4) is 0 Å². The molecule has 0 radical (unpaired) electrons. The second-order valence-electron chi connectivity index (χ2n) is 6.26. The van der Waals surface area contributed by atoms with Crippen LogP contribution in [0.5, 0.6) is 0 Å². The van der Waals surface area contributed by atoms with Gasteiger partial charge in [0.15, 0.2) is 0 Å². The summed E-state index contributed by atoms with van der Waals surface area (Å²) in [5.74, 6) is 0. The van der Waals surface area contributed by atoms with Gasteiger partial charge in [0, 0.05) is 17.0 Å². The average Bonchev–Trinajstić information content (AvgIpc) is 2.81. The summed E-state index contributed by atoms with van der Waals surface area (Å²) in [4.78, 5) is 16.5. The maximum Gasteiger partial charge on any atom is 0.279 e. The van der Waals surface area contributed by atoms with E-state index in [0.29, 0.717) is 10.6 Å². The Bertz CT molecular complexity index is 709. The van der Waals surface area contributed by atoms with Gasteiger partial charge in [-0.05, 0) is 24.3 Å².